The zero-order valence-electron chi connectivity index (χ0n) is 13.3. The van der Waals surface area contributed by atoms with E-state index in [9.17, 15) is 23.5 Å². The minimum Gasteiger partial charge on any atom is -0.477 e. The monoisotopic (exact) mass is 331 g/mol. The highest BCUT2D eigenvalue weighted by Crippen LogP contribution is 2.38. The quantitative estimate of drug-likeness (QED) is 0.900. The molecule has 0 saturated carbocycles. The molecular weight excluding hydrogens is 312 g/mol. The molecule has 0 aliphatic carbocycles. The number of aromatic carboxylic acids is 1. The molecule has 0 saturated heterocycles. The Labute approximate surface area is 131 Å². The van der Waals surface area contributed by atoms with E-state index in [4.69, 9.17) is 4.74 Å². The van der Waals surface area contributed by atoms with Crippen LogP contribution in [0.15, 0.2) is 6.20 Å². The van der Waals surface area contributed by atoms with Crippen LogP contribution in [0.4, 0.5) is 19.4 Å². The van der Waals surface area contributed by atoms with E-state index in [-0.39, 0.29) is 17.8 Å². The zero-order chi connectivity index (χ0) is 17.5. The molecule has 0 radical (unpaired) electrons. The Bertz CT molecular complexity index is 624. The van der Waals surface area contributed by atoms with E-state index < -0.39 is 36.2 Å². The first-order valence-electron chi connectivity index (χ1n) is 7.14. The van der Waals surface area contributed by atoms with Crippen molar-refractivity contribution in [3.8, 4) is 0 Å². The molecule has 0 fully saturated rings. The lowest BCUT2D eigenvalue weighted by Crippen LogP contribution is -2.49. The molecule has 0 bridgehead atoms. The topological polar surface area (TPSA) is 84.7 Å². The van der Waals surface area contributed by atoms with E-state index in [1.165, 1.54) is 0 Å². The number of hydrogen-bond acceptors (Lipinski definition) is 4. The van der Waals surface area contributed by atoms with Gasteiger partial charge in [0.1, 0.15) is 17.2 Å². The highest BCUT2D eigenvalue weighted by atomic mass is 19.3. The molecule has 1 amide bonds. The van der Waals surface area contributed by atoms with Gasteiger partial charge in [0, 0.05) is 6.04 Å². The maximum atomic E-state index is 13.2. The Kier molecular flexibility index (Phi) is 4.32. The molecule has 2 rings (SSSR count). The minimum absolute atomic E-state index is 0.0509. The number of carboxylic acid groups (broad SMARTS) is 1. The van der Waals surface area contributed by atoms with Crippen LogP contribution in [0.3, 0.4) is 0 Å². The second-order valence-corrected chi connectivity index (χ2v) is 6.47. The Balaban J connectivity index is 2.52. The number of hydrogen-bond donors (Lipinski definition) is 1. The molecule has 2 atom stereocenters. The van der Waals surface area contributed by atoms with Crippen LogP contribution >= 0.6 is 0 Å². The summed E-state index contributed by atoms with van der Waals surface area (Å²) in [6.45, 7) is 6.56. The van der Waals surface area contributed by atoms with Crippen LogP contribution in [0, 0.1) is 0 Å². The number of ether oxygens (including phenoxy) is 1. The Morgan fingerprint density at radius 1 is 1.43 bits per heavy atom. The summed E-state index contributed by atoms with van der Waals surface area (Å²) in [6.07, 6.45) is -2.59. The fourth-order valence-electron chi connectivity index (χ4n) is 2.54. The average Bonchev–Trinajstić information content (AvgIpc) is 2.79. The third-order valence-electron chi connectivity index (χ3n) is 3.45. The molecule has 128 valence electrons. The number of halogens is 2. The van der Waals surface area contributed by atoms with Gasteiger partial charge in [-0.3, -0.25) is 4.90 Å². The smallest absolute Gasteiger partial charge is 0.416 e. The predicted octanol–water partition coefficient (Wildman–Crippen LogP) is 2.92. The summed E-state index contributed by atoms with van der Waals surface area (Å²) in [5.74, 6) is -1.52. The van der Waals surface area contributed by atoms with Crippen molar-refractivity contribution in [2.45, 2.75) is 58.2 Å². The molecular formula is C14H19F2N3O4. The predicted molar refractivity (Wildman–Crippen MR) is 77.0 cm³/mol. The summed E-state index contributed by atoms with van der Waals surface area (Å²) in [5.41, 5.74) is -1.11. The SMILES string of the molecule is C[C@@H]1C[C@H](C(F)F)n2ncc(C(=O)O)c2N1C(=O)OC(C)(C)C. The van der Waals surface area contributed by atoms with E-state index in [1.54, 1.807) is 27.7 Å². The third kappa shape index (κ3) is 3.27. The molecule has 1 aliphatic rings. The lowest BCUT2D eigenvalue weighted by Gasteiger charge is -2.38. The molecule has 9 heteroatoms. The number of amides is 1. The van der Waals surface area contributed by atoms with Crippen LogP contribution in [-0.2, 0) is 4.74 Å². The van der Waals surface area contributed by atoms with Gasteiger partial charge in [-0.25, -0.2) is 23.1 Å². The van der Waals surface area contributed by atoms with Crippen molar-refractivity contribution in [3.63, 3.8) is 0 Å². The van der Waals surface area contributed by atoms with Crippen molar-refractivity contribution in [3.05, 3.63) is 11.8 Å². The number of aromatic nitrogens is 2. The molecule has 7 nitrogen and oxygen atoms in total. The van der Waals surface area contributed by atoms with E-state index in [0.717, 1.165) is 15.8 Å². The van der Waals surface area contributed by atoms with Crippen molar-refractivity contribution in [2.24, 2.45) is 0 Å². The lowest BCUT2D eigenvalue weighted by molar-refractivity contribution is 0.0447. The zero-order valence-corrected chi connectivity index (χ0v) is 13.3. The number of fused-ring (bicyclic) bond motifs is 1. The third-order valence-corrected chi connectivity index (χ3v) is 3.45. The van der Waals surface area contributed by atoms with Crippen LogP contribution in [-0.4, -0.2) is 45.0 Å². The summed E-state index contributed by atoms with van der Waals surface area (Å²) in [7, 11) is 0. The van der Waals surface area contributed by atoms with Crippen molar-refractivity contribution in [1.82, 2.24) is 9.78 Å². The first kappa shape index (κ1) is 17.2. The number of anilines is 1. The molecule has 23 heavy (non-hydrogen) atoms. The highest BCUT2D eigenvalue weighted by molar-refractivity contribution is 5.99. The molecule has 1 aromatic rings. The first-order valence-corrected chi connectivity index (χ1v) is 7.14. The Morgan fingerprint density at radius 2 is 2.04 bits per heavy atom. The van der Waals surface area contributed by atoms with Gasteiger partial charge >= 0.3 is 12.1 Å². The summed E-state index contributed by atoms with van der Waals surface area (Å²) in [5, 5.41) is 13.0. The fourth-order valence-corrected chi connectivity index (χ4v) is 2.54. The largest absolute Gasteiger partial charge is 0.477 e. The highest BCUT2D eigenvalue weighted by Gasteiger charge is 2.42. The number of carbonyl (C=O) groups excluding carboxylic acids is 1. The number of carbonyl (C=O) groups is 2. The van der Waals surface area contributed by atoms with Gasteiger partial charge in [-0.2, -0.15) is 5.10 Å². The minimum atomic E-state index is -2.72. The van der Waals surface area contributed by atoms with Crippen molar-refractivity contribution in [1.29, 1.82) is 0 Å². The maximum absolute atomic E-state index is 13.2. The summed E-state index contributed by atoms with van der Waals surface area (Å²) in [4.78, 5) is 24.9. The molecule has 1 aromatic heterocycles. The Hall–Kier alpha value is -2.19. The molecule has 1 aliphatic heterocycles. The molecule has 0 unspecified atom stereocenters. The molecule has 1 N–H and O–H groups in total. The molecule has 0 spiro atoms. The van der Waals surface area contributed by atoms with E-state index >= 15 is 0 Å². The van der Waals surface area contributed by atoms with E-state index in [2.05, 4.69) is 5.10 Å². The van der Waals surface area contributed by atoms with E-state index in [1.807, 2.05) is 0 Å². The number of alkyl halides is 2. The van der Waals surface area contributed by atoms with Gasteiger partial charge in [-0.05, 0) is 34.1 Å². The van der Waals surface area contributed by atoms with Gasteiger partial charge in [0.25, 0.3) is 6.43 Å². The summed E-state index contributed by atoms with van der Waals surface area (Å²) < 4.78 is 32.6. The fraction of sp³-hybridized carbons (Fsp3) is 0.643. The van der Waals surface area contributed by atoms with Crippen molar-refractivity contribution in [2.75, 3.05) is 4.90 Å². The Morgan fingerprint density at radius 3 is 2.52 bits per heavy atom. The van der Waals surface area contributed by atoms with Gasteiger partial charge in [-0.1, -0.05) is 0 Å². The van der Waals surface area contributed by atoms with Gasteiger partial charge in [0.2, 0.25) is 0 Å². The van der Waals surface area contributed by atoms with Crippen LogP contribution in [0.5, 0.6) is 0 Å². The van der Waals surface area contributed by atoms with Crippen LogP contribution in [0.25, 0.3) is 0 Å². The lowest BCUT2D eigenvalue weighted by atomic mass is 10.0. The second kappa shape index (κ2) is 5.78. The number of nitrogens with zero attached hydrogens (tertiary/aromatic N) is 3. The van der Waals surface area contributed by atoms with E-state index in [0.29, 0.717) is 0 Å². The van der Waals surface area contributed by atoms with Crippen LogP contribution in [0.1, 0.15) is 50.5 Å². The summed E-state index contributed by atoms with van der Waals surface area (Å²) >= 11 is 0. The molecule has 2 heterocycles. The van der Waals surface area contributed by atoms with Crippen LogP contribution < -0.4 is 4.90 Å². The summed E-state index contributed by atoms with van der Waals surface area (Å²) in [6, 6.07) is -1.93. The number of carboxylic acids is 1. The van der Waals surface area contributed by atoms with Crippen molar-refractivity contribution < 1.29 is 28.2 Å². The number of rotatable bonds is 2. The standard InChI is InChI=1S/C14H19F2N3O4/c1-7-5-9(10(15)16)19-11(8(6-17-19)12(20)21)18(7)13(22)23-14(2,3)4/h6-7,9-10H,5H2,1-4H3,(H,20,21)/t7-,9-/m1/s1. The normalized spacial score (nSPS) is 21.3. The average molecular weight is 331 g/mol. The van der Waals surface area contributed by atoms with Gasteiger partial charge < -0.3 is 9.84 Å². The van der Waals surface area contributed by atoms with Crippen LogP contribution in [0.2, 0.25) is 0 Å². The van der Waals surface area contributed by atoms with Gasteiger partial charge in [-0.15, -0.1) is 0 Å². The maximum Gasteiger partial charge on any atom is 0.416 e. The van der Waals surface area contributed by atoms with Gasteiger partial charge in [0.15, 0.2) is 5.82 Å². The van der Waals surface area contributed by atoms with Gasteiger partial charge in [0.05, 0.1) is 6.20 Å². The van der Waals surface area contributed by atoms with Crippen molar-refractivity contribution >= 4 is 17.9 Å². The molecule has 0 aromatic carbocycles. The second-order valence-electron chi connectivity index (χ2n) is 6.47. The first-order chi connectivity index (χ1) is 10.5.